The molecule has 0 spiro atoms. The van der Waals surface area contributed by atoms with Gasteiger partial charge in [0.15, 0.2) is 0 Å². The molecule has 0 aliphatic carbocycles. The molecule has 1 aliphatic heterocycles. The molecule has 5 nitrogen and oxygen atoms in total. The minimum Gasteiger partial charge on any atom is -0.341 e. The second-order valence-corrected chi connectivity index (χ2v) is 6.78. The average Bonchev–Trinajstić information content (AvgIpc) is 2.89. The minimum absolute atomic E-state index is 0.0257. The van der Waals surface area contributed by atoms with Crippen molar-refractivity contribution in [2.24, 2.45) is 7.05 Å². The molecule has 25 heavy (non-hydrogen) atoms. The number of hydrogen-bond acceptors (Lipinski definition) is 3. The van der Waals surface area contributed by atoms with E-state index in [2.05, 4.69) is 38.4 Å². The molecule has 1 fully saturated rings. The van der Waals surface area contributed by atoms with E-state index < -0.39 is 0 Å². The number of aryl methyl sites for hydroxylation is 1. The number of carbonyl (C=O) groups is 1. The number of carbonyl (C=O) groups excluding carboxylic acids is 1. The normalized spacial score (nSPS) is 17.3. The third kappa shape index (κ3) is 4.28. The first-order valence-corrected chi connectivity index (χ1v) is 9.21. The number of rotatable bonds is 5. The summed E-state index contributed by atoms with van der Waals surface area (Å²) in [5.74, 6) is 1.32. The molecule has 1 unspecified atom stereocenters. The van der Waals surface area contributed by atoms with E-state index in [-0.39, 0.29) is 11.8 Å². The number of imidazole rings is 1. The lowest BCUT2D eigenvalue weighted by Crippen LogP contribution is -2.38. The lowest BCUT2D eigenvalue weighted by atomic mass is 9.95. The average molecular weight is 340 g/mol. The molecule has 1 aliphatic rings. The molecular formula is C20H28N4O. The largest absolute Gasteiger partial charge is 0.341 e. The van der Waals surface area contributed by atoms with Gasteiger partial charge < -0.3 is 9.47 Å². The lowest BCUT2D eigenvalue weighted by Gasteiger charge is -2.26. The van der Waals surface area contributed by atoms with E-state index in [9.17, 15) is 4.79 Å². The van der Waals surface area contributed by atoms with Crippen LogP contribution in [0.25, 0.3) is 0 Å². The second kappa shape index (κ2) is 8.30. The van der Waals surface area contributed by atoms with Crippen LogP contribution in [-0.4, -0.2) is 51.4 Å². The molecule has 2 aromatic rings. The molecule has 3 rings (SSSR count). The van der Waals surface area contributed by atoms with Gasteiger partial charge in [-0.15, -0.1) is 0 Å². The van der Waals surface area contributed by atoms with Crippen LogP contribution >= 0.6 is 0 Å². The van der Waals surface area contributed by atoms with Crippen molar-refractivity contribution < 1.29 is 4.79 Å². The van der Waals surface area contributed by atoms with E-state index in [0.717, 1.165) is 57.0 Å². The molecule has 5 heteroatoms. The molecule has 0 saturated carbocycles. The van der Waals surface area contributed by atoms with Gasteiger partial charge in [-0.3, -0.25) is 9.69 Å². The van der Waals surface area contributed by atoms with Crippen molar-refractivity contribution in [3.63, 3.8) is 0 Å². The van der Waals surface area contributed by atoms with Crippen molar-refractivity contribution >= 4 is 5.91 Å². The maximum absolute atomic E-state index is 13.1. The van der Waals surface area contributed by atoms with Gasteiger partial charge >= 0.3 is 0 Å². The Balaban J connectivity index is 1.62. The highest BCUT2D eigenvalue weighted by molar-refractivity contribution is 5.83. The Morgan fingerprint density at radius 2 is 1.96 bits per heavy atom. The first kappa shape index (κ1) is 17.7. The Morgan fingerprint density at radius 3 is 2.64 bits per heavy atom. The van der Waals surface area contributed by atoms with Crippen LogP contribution in [0.15, 0.2) is 42.7 Å². The SMILES string of the molecule is CCC(C(=O)N1CCCN(Cc2nccn2C)CC1)c1ccccc1. The maximum atomic E-state index is 13.1. The summed E-state index contributed by atoms with van der Waals surface area (Å²) in [6.07, 6.45) is 5.68. The molecule has 2 heterocycles. The van der Waals surface area contributed by atoms with Gasteiger partial charge in [0.25, 0.3) is 0 Å². The monoisotopic (exact) mass is 340 g/mol. The molecule has 0 radical (unpaired) electrons. The standard InChI is InChI=1S/C20H28N4O/c1-3-18(17-8-5-4-6-9-17)20(25)24-12-7-11-23(14-15-24)16-19-21-10-13-22(19)2/h4-6,8-10,13,18H,3,7,11-12,14-16H2,1-2H3. The van der Waals surface area contributed by atoms with Crippen molar-refractivity contribution in [2.45, 2.75) is 32.2 Å². The van der Waals surface area contributed by atoms with Crippen LogP contribution in [0.1, 0.15) is 37.1 Å². The van der Waals surface area contributed by atoms with Crippen LogP contribution in [0.3, 0.4) is 0 Å². The highest BCUT2D eigenvalue weighted by Crippen LogP contribution is 2.23. The van der Waals surface area contributed by atoms with E-state index >= 15 is 0 Å². The van der Waals surface area contributed by atoms with Gasteiger partial charge in [0.1, 0.15) is 5.82 Å². The summed E-state index contributed by atoms with van der Waals surface area (Å²) in [6, 6.07) is 10.2. The second-order valence-electron chi connectivity index (χ2n) is 6.78. The Hall–Kier alpha value is -2.14. The highest BCUT2D eigenvalue weighted by Gasteiger charge is 2.26. The molecular weight excluding hydrogens is 312 g/mol. The summed E-state index contributed by atoms with van der Waals surface area (Å²) in [7, 11) is 2.03. The summed E-state index contributed by atoms with van der Waals surface area (Å²) in [5, 5.41) is 0. The molecule has 1 aromatic heterocycles. The fraction of sp³-hybridized carbons (Fsp3) is 0.500. The third-order valence-electron chi connectivity index (χ3n) is 5.09. The van der Waals surface area contributed by atoms with Gasteiger partial charge in [-0.1, -0.05) is 37.3 Å². The fourth-order valence-electron chi connectivity index (χ4n) is 3.56. The zero-order valence-electron chi connectivity index (χ0n) is 15.3. The molecule has 1 aromatic carbocycles. The smallest absolute Gasteiger partial charge is 0.230 e. The predicted octanol–water partition coefficient (Wildman–Crippen LogP) is 2.65. The van der Waals surface area contributed by atoms with Crippen LogP contribution < -0.4 is 0 Å². The first-order chi connectivity index (χ1) is 12.2. The Bertz CT molecular complexity index is 682. The van der Waals surface area contributed by atoms with Gasteiger partial charge in [-0.05, 0) is 18.4 Å². The predicted molar refractivity (Wildman–Crippen MR) is 99.2 cm³/mol. The number of benzene rings is 1. The summed E-state index contributed by atoms with van der Waals surface area (Å²) < 4.78 is 2.07. The summed E-state index contributed by atoms with van der Waals surface area (Å²) in [6.45, 7) is 6.51. The van der Waals surface area contributed by atoms with Crippen molar-refractivity contribution in [1.29, 1.82) is 0 Å². The Labute approximate surface area is 150 Å². The van der Waals surface area contributed by atoms with Crippen molar-refractivity contribution in [2.75, 3.05) is 26.2 Å². The summed E-state index contributed by atoms with van der Waals surface area (Å²) in [4.78, 5) is 21.9. The number of nitrogens with zero attached hydrogens (tertiary/aromatic N) is 4. The van der Waals surface area contributed by atoms with Gasteiger partial charge in [0, 0.05) is 45.6 Å². The van der Waals surface area contributed by atoms with Crippen LogP contribution in [0.4, 0.5) is 0 Å². The van der Waals surface area contributed by atoms with Crippen LogP contribution in [0.2, 0.25) is 0 Å². The minimum atomic E-state index is -0.0257. The molecule has 0 N–H and O–H groups in total. The molecule has 1 saturated heterocycles. The molecule has 134 valence electrons. The van der Waals surface area contributed by atoms with E-state index in [4.69, 9.17) is 0 Å². The third-order valence-corrected chi connectivity index (χ3v) is 5.09. The van der Waals surface area contributed by atoms with Crippen LogP contribution in [0, 0.1) is 0 Å². The topological polar surface area (TPSA) is 41.4 Å². The molecule has 1 atom stereocenters. The number of hydrogen-bond donors (Lipinski definition) is 0. The number of aromatic nitrogens is 2. The summed E-state index contributed by atoms with van der Waals surface area (Å²) >= 11 is 0. The van der Waals surface area contributed by atoms with Gasteiger partial charge in [0.05, 0.1) is 12.5 Å². The molecule has 0 bridgehead atoms. The highest BCUT2D eigenvalue weighted by atomic mass is 16.2. The Kier molecular flexibility index (Phi) is 5.87. The first-order valence-electron chi connectivity index (χ1n) is 9.21. The van der Waals surface area contributed by atoms with Crippen molar-refractivity contribution in [3.05, 3.63) is 54.1 Å². The quantitative estimate of drug-likeness (QED) is 0.840. The molecule has 1 amide bonds. The van der Waals surface area contributed by atoms with E-state index in [1.165, 1.54) is 0 Å². The summed E-state index contributed by atoms with van der Waals surface area (Å²) in [5.41, 5.74) is 1.13. The van der Waals surface area contributed by atoms with Crippen LogP contribution in [0.5, 0.6) is 0 Å². The Morgan fingerprint density at radius 1 is 1.16 bits per heavy atom. The number of amides is 1. The van der Waals surface area contributed by atoms with Crippen molar-refractivity contribution in [3.8, 4) is 0 Å². The lowest BCUT2D eigenvalue weighted by molar-refractivity contribution is -0.132. The van der Waals surface area contributed by atoms with Crippen molar-refractivity contribution in [1.82, 2.24) is 19.4 Å². The van der Waals surface area contributed by atoms with Gasteiger partial charge in [-0.2, -0.15) is 0 Å². The zero-order chi connectivity index (χ0) is 17.6. The van der Waals surface area contributed by atoms with E-state index in [0.29, 0.717) is 0 Å². The van der Waals surface area contributed by atoms with E-state index in [1.54, 1.807) is 0 Å². The van der Waals surface area contributed by atoms with Gasteiger partial charge in [0.2, 0.25) is 5.91 Å². The van der Waals surface area contributed by atoms with Crippen LogP contribution in [-0.2, 0) is 18.4 Å². The van der Waals surface area contributed by atoms with E-state index in [1.807, 2.05) is 37.6 Å². The maximum Gasteiger partial charge on any atom is 0.230 e. The fourth-order valence-corrected chi connectivity index (χ4v) is 3.56. The zero-order valence-corrected chi connectivity index (χ0v) is 15.3. The van der Waals surface area contributed by atoms with Gasteiger partial charge in [-0.25, -0.2) is 4.98 Å².